The molecule has 0 bridgehead atoms. The van der Waals surface area contributed by atoms with Gasteiger partial charge >= 0.3 is 6.03 Å². The first-order valence-electron chi connectivity index (χ1n) is 6.33. The van der Waals surface area contributed by atoms with Gasteiger partial charge in [-0.15, -0.1) is 0 Å². The van der Waals surface area contributed by atoms with E-state index < -0.39 is 11.9 Å². The number of anilines is 2. The topological polar surface area (TPSA) is 87.5 Å². The zero-order valence-electron chi connectivity index (χ0n) is 10.7. The number of benzene rings is 1. The van der Waals surface area contributed by atoms with Gasteiger partial charge in [-0.05, 0) is 37.1 Å². The lowest BCUT2D eigenvalue weighted by molar-refractivity contribution is -0.118. The highest BCUT2D eigenvalue weighted by molar-refractivity contribution is 5.95. The summed E-state index contributed by atoms with van der Waals surface area (Å²) in [7, 11) is 0. The van der Waals surface area contributed by atoms with E-state index >= 15 is 0 Å². The Bertz CT molecular complexity index is 452. The Hall–Kier alpha value is -2.24. The largest absolute Gasteiger partial charge is 0.376 e. The summed E-state index contributed by atoms with van der Waals surface area (Å²) < 4.78 is 0. The molecule has 19 heavy (non-hydrogen) atoms. The molecule has 0 saturated carbocycles. The lowest BCUT2D eigenvalue weighted by atomic mass is 10.2. The smallest absolute Gasteiger partial charge is 0.318 e. The molecule has 0 spiro atoms. The van der Waals surface area contributed by atoms with Crippen LogP contribution in [-0.4, -0.2) is 31.6 Å². The molecule has 102 valence electrons. The molecular formula is C13H18N4O2. The summed E-state index contributed by atoms with van der Waals surface area (Å²) in [4.78, 5) is 24.0. The highest BCUT2D eigenvalue weighted by atomic mass is 16.2. The van der Waals surface area contributed by atoms with Crippen molar-refractivity contribution in [3.8, 4) is 0 Å². The van der Waals surface area contributed by atoms with E-state index in [0.717, 1.165) is 18.8 Å². The summed E-state index contributed by atoms with van der Waals surface area (Å²) in [5.41, 5.74) is 6.88. The average Bonchev–Trinajstić information content (AvgIpc) is 2.90. The first kappa shape index (κ1) is 13.2. The first-order valence-corrected chi connectivity index (χ1v) is 6.33. The average molecular weight is 262 g/mol. The molecule has 1 aliphatic rings. The summed E-state index contributed by atoms with van der Waals surface area (Å²) in [6, 6.07) is 7.06. The molecule has 1 heterocycles. The van der Waals surface area contributed by atoms with Gasteiger partial charge in [-0.25, -0.2) is 4.79 Å². The Kier molecular flexibility index (Phi) is 4.22. The Morgan fingerprint density at radius 2 is 1.79 bits per heavy atom. The lowest BCUT2D eigenvalue weighted by Gasteiger charge is -2.17. The van der Waals surface area contributed by atoms with Gasteiger partial charge in [-0.3, -0.25) is 10.1 Å². The maximum atomic E-state index is 11.2. The fourth-order valence-corrected chi connectivity index (χ4v) is 2.13. The molecule has 0 aromatic heterocycles. The van der Waals surface area contributed by atoms with Crippen LogP contribution >= 0.6 is 0 Å². The Balaban J connectivity index is 1.84. The van der Waals surface area contributed by atoms with E-state index in [2.05, 4.69) is 10.2 Å². The second-order valence-corrected chi connectivity index (χ2v) is 4.51. The molecule has 1 saturated heterocycles. The Morgan fingerprint density at radius 3 is 2.37 bits per heavy atom. The summed E-state index contributed by atoms with van der Waals surface area (Å²) >= 11 is 0. The van der Waals surface area contributed by atoms with Gasteiger partial charge in [-0.1, -0.05) is 0 Å². The quantitative estimate of drug-likeness (QED) is 0.752. The number of hydrogen-bond acceptors (Lipinski definition) is 4. The third-order valence-corrected chi connectivity index (χ3v) is 3.05. The molecule has 0 atom stereocenters. The van der Waals surface area contributed by atoms with Gasteiger partial charge < -0.3 is 16.0 Å². The molecule has 0 unspecified atom stereocenters. The predicted octanol–water partition coefficient (Wildman–Crippen LogP) is 0.894. The van der Waals surface area contributed by atoms with Crippen LogP contribution in [0, 0.1) is 0 Å². The van der Waals surface area contributed by atoms with Crippen LogP contribution in [0.2, 0.25) is 0 Å². The number of amides is 3. The van der Waals surface area contributed by atoms with Crippen molar-refractivity contribution < 1.29 is 9.59 Å². The van der Waals surface area contributed by atoms with Crippen LogP contribution < -0.4 is 21.3 Å². The van der Waals surface area contributed by atoms with Gasteiger partial charge in [0, 0.05) is 24.5 Å². The molecule has 6 nitrogen and oxygen atoms in total. The molecule has 0 radical (unpaired) electrons. The van der Waals surface area contributed by atoms with Crippen molar-refractivity contribution in [2.75, 3.05) is 29.9 Å². The van der Waals surface area contributed by atoms with Crippen LogP contribution in [0.5, 0.6) is 0 Å². The number of hydrogen-bond donors (Lipinski definition) is 3. The fourth-order valence-electron chi connectivity index (χ4n) is 2.13. The van der Waals surface area contributed by atoms with E-state index in [1.807, 2.05) is 29.6 Å². The number of nitrogens with zero attached hydrogens (tertiary/aromatic N) is 1. The highest BCUT2D eigenvalue weighted by Gasteiger charge is 2.11. The van der Waals surface area contributed by atoms with Crippen molar-refractivity contribution in [3.05, 3.63) is 24.3 Å². The molecule has 3 amide bonds. The summed E-state index contributed by atoms with van der Waals surface area (Å²) in [5.74, 6) is -0.448. The zero-order valence-corrected chi connectivity index (χ0v) is 10.7. The minimum atomic E-state index is -0.837. The van der Waals surface area contributed by atoms with Crippen molar-refractivity contribution in [2.45, 2.75) is 12.8 Å². The predicted molar refractivity (Wildman–Crippen MR) is 74.1 cm³/mol. The highest BCUT2D eigenvalue weighted by Crippen LogP contribution is 2.21. The molecule has 1 aromatic rings. The van der Waals surface area contributed by atoms with Gasteiger partial charge in [0.2, 0.25) is 5.91 Å². The molecule has 1 aliphatic heterocycles. The van der Waals surface area contributed by atoms with Crippen molar-refractivity contribution in [1.29, 1.82) is 0 Å². The molecule has 4 N–H and O–H groups in total. The number of carbonyl (C=O) groups excluding carboxylic acids is 2. The van der Waals surface area contributed by atoms with Crippen LogP contribution in [0.4, 0.5) is 16.2 Å². The SMILES string of the molecule is NC(=O)NC(=O)CNc1ccc(N2CCCC2)cc1. The molecule has 2 rings (SSSR count). The van der Waals surface area contributed by atoms with Gasteiger partial charge in [0.1, 0.15) is 0 Å². The van der Waals surface area contributed by atoms with Crippen molar-refractivity contribution in [1.82, 2.24) is 5.32 Å². The van der Waals surface area contributed by atoms with E-state index in [4.69, 9.17) is 5.73 Å². The molecule has 1 aromatic carbocycles. The fraction of sp³-hybridized carbons (Fsp3) is 0.385. The molecule has 1 fully saturated rings. The van der Waals surface area contributed by atoms with Gasteiger partial charge in [0.15, 0.2) is 0 Å². The second kappa shape index (κ2) is 6.08. The Labute approximate surface area is 112 Å². The molecule has 0 aliphatic carbocycles. The van der Waals surface area contributed by atoms with E-state index in [1.165, 1.54) is 18.5 Å². The normalized spacial score (nSPS) is 14.2. The molecular weight excluding hydrogens is 244 g/mol. The first-order chi connectivity index (χ1) is 9.15. The Morgan fingerprint density at radius 1 is 1.16 bits per heavy atom. The van der Waals surface area contributed by atoms with Crippen molar-refractivity contribution in [2.24, 2.45) is 5.73 Å². The molecule has 6 heteroatoms. The van der Waals surface area contributed by atoms with E-state index in [-0.39, 0.29) is 6.54 Å². The van der Waals surface area contributed by atoms with E-state index in [9.17, 15) is 9.59 Å². The van der Waals surface area contributed by atoms with Crippen molar-refractivity contribution in [3.63, 3.8) is 0 Å². The van der Waals surface area contributed by atoms with E-state index in [1.54, 1.807) is 0 Å². The van der Waals surface area contributed by atoms with E-state index in [0.29, 0.717) is 0 Å². The minimum Gasteiger partial charge on any atom is -0.376 e. The van der Waals surface area contributed by atoms with Crippen LogP contribution in [0.15, 0.2) is 24.3 Å². The van der Waals surface area contributed by atoms with Gasteiger partial charge in [-0.2, -0.15) is 0 Å². The number of urea groups is 1. The summed E-state index contributed by atoms with van der Waals surface area (Å²) in [6.07, 6.45) is 2.49. The van der Waals surface area contributed by atoms with Crippen molar-refractivity contribution >= 4 is 23.3 Å². The standard InChI is InChI=1S/C13H18N4O2/c14-13(19)16-12(18)9-15-10-3-5-11(6-4-10)17-7-1-2-8-17/h3-6,15H,1-2,7-9H2,(H3,14,16,18,19). The number of imide groups is 1. The summed E-state index contributed by atoms with van der Waals surface area (Å²) in [6.45, 7) is 2.23. The van der Waals surface area contributed by atoms with Crippen LogP contribution in [0.25, 0.3) is 0 Å². The third kappa shape index (κ3) is 3.87. The third-order valence-electron chi connectivity index (χ3n) is 3.05. The van der Waals surface area contributed by atoms with Gasteiger partial charge in [0.25, 0.3) is 0 Å². The minimum absolute atomic E-state index is 0.0198. The number of carbonyl (C=O) groups is 2. The maximum Gasteiger partial charge on any atom is 0.318 e. The van der Waals surface area contributed by atoms with Crippen LogP contribution in [0.1, 0.15) is 12.8 Å². The summed E-state index contributed by atoms with van der Waals surface area (Å²) in [5, 5.41) is 4.93. The van der Waals surface area contributed by atoms with Crippen LogP contribution in [0.3, 0.4) is 0 Å². The maximum absolute atomic E-state index is 11.2. The monoisotopic (exact) mass is 262 g/mol. The number of rotatable bonds is 4. The lowest BCUT2D eigenvalue weighted by Crippen LogP contribution is -2.38. The van der Waals surface area contributed by atoms with Gasteiger partial charge in [0.05, 0.1) is 6.54 Å². The zero-order chi connectivity index (χ0) is 13.7. The second-order valence-electron chi connectivity index (χ2n) is 4.51. The number of nitrogens with two attached hydrogens (primary N) is 1. The number of primary amides is 1. The number of nitrogens with one attached hydrogen (secondary N) is 2. The van der Waals surface area contributed by atoms with Crippen LogP contribution in [-0.2, 0) is 4.79 Å².